The lowest BCUT2D eigenvalue weighted by atomic mass is 9.95. The Balaban J connectivity index is 1.47. The molecule has 1 unspecified atom stereocenters. The van der Waals surface area contributed by atoms with Gasteiger partial charge in [0, 0.05) is 32.3 Å². The summed E-state index contributed by atoms with van der Waals surface area (Å²) in [7, 11) is 0. The highest BCUT2D eigenvalue weighted by atomic mass is 19.4. The van der Waals surface area contributed by atoms with Gasteiger partial charge in [0.1, 0.15) is 41.3 Å². The fourth-order valence-electron chi connectivity index (χ4n) is 6.75. The number of fused-ring (bicyclic) bond motifs is 2. The number of nitrogens with zero attached hydrogens (tertiary/aromatic N) is 6. The lowest BCUT2D eigenvalue weighted by molar-refractivity contribution is -0.137. The molecule has 41 heavy (non-hydrogen) atoms. The van der Waals surface area contributed by atoms with Crippen LogP contribution < -0.4 is 15.4 Å². The number of rotatable bonds is 5. The summed E-state index contributed by atoms with van der Waals surface area (Å²) in [6.45, 7) is 5.91. The van der Waals surface area contributed by atoms with Gasteiger partial charge in [-0.1, -0.05) is 6.92 Å². The van der Waals surface area contributed by atoms with E-state index >= 15 is 4.39 Å². The van der Waals surface area contributed by atoms with Crippen molar-refractivity contribution in [1.82, 2.24) is 24.8 Å². The number of hydrogen-bond acceptors (Lipinski definition) is 8. The summed E-state index contributed by atoms with van der Waals surface area (Å²) in [5.74, 6) is -0.508. The maximum Gasteiger partial charge on any atom is 0.418 e. The molecule has 3 aliphatic rings. The Morgan fingerprint density at radius 2 is 1.93 bits per heavy atom. The van der Waals surface area contributed by atoms with Crippen LogP contribution >= 0.6 is 0 Å². The molecule has 8 nitrogen and oxygen atoms in total. The summed E-state index contributed by atoms with van der Waals surface area (Å²) in [6.07, 6.45) is -0.541. The van der Waals surface area contributed by atoms with Crippen molar-refractivity contribution < 1.29 is 26.7 Å². The molecule has 2 N–H and O–H groups in total. The smallest absolute Gasteiger partial charge is 0.418 e. The summed E-state index contributed by atoms with van der Waals surface area (Å²) in [5.41, 5.74) is 2.44. The van der Waals surface area contributed by atoms with Gasteiger partial charge >= 0.3 is 12.2 Å². The van der Waals surface area contributed by atoms with E-state index in [0.717, 1.165) is 38.3 Å². The van der Waals surface area contributed by atoms with Crippen LogP contribution in [0.15, 0.2) is 12.3 Å². The molecule has 220 valence electrons. The first-order valence-corrected chi connectivity index (χ1v) is 13.9. The minimum Gasteiger partial charge on any atom is -0.461 e. The summed E-state index contributed by atoms with van der Waals surface area (Å²) in [4.78, 5) is 21.0. The highest BCUT2D eigenvalue weighted by molar-refractivity contribution is 5.92. The van der Waals surface area contributed by atoms with Crippen molar-refractivity contribution in [2.45, 2.75) is 63.8 Å². The molecule has 3 fully saturated rings. The van der Waals surface area contributed by atoms with E-state index in [9.17, 15) is 17.6 Å². The van der Waals surface area contributed by atoms with E-state index < -0.39 is 40.7 Å². The van der Waals surface area contributed by atoms with Crippen LogP contribution in [0.2, 0.25) is 0 Å². The van der Waals surface area contributed by atoms with Gasteiger partial charge in [0.2, 0.25) is 0 Å². The zero-order chi connectivity index (χ0) is 29.1. The van der Waals surface area contributed by atoms with Crippen LogP contribution in [0.1, 0.15) is 50.2 Å². The summed E-state index contributed by atoms with van der Waals surface area (Å²) >= 11 is 0. The van der Waals surface area contributed by atoms with Crippen molar-refractivity contribution in [2.75, 3.05) is 43.4 Å². The van der Waals surface area contributed by atoms with Crippen molar-refractivity contribution >= 4 is 22.5 Å². The fraction of sp³-hybridized carbons (Fsp3) is 0.571. The molecule has 3 aliphatic heterocycles. The summed E-state index contributed by atoms with van der Waals surface area (Å²) in [6, 6.07) is 0.976. The molecule has 0 saturated carbocycles. The third kappa shape index (κ3) is 5.02. The molecule has 0 bridgehead atoms. The number of piperidine rings is 1. The number of halogens is 5. The van der Waals surface area contributed by atoms with E-state index in [1.54, 1.807) is 0 Å². The number of aryl methyl sites for hydroxylation is 1. The van der Waals surface area contributed by atoms with Gasteiger partial charge < -0.3 is 15.4 Å². The quantitative estimate of drug-likeness (QED) is 0.407. The molecule has 0 radical (unpaired) electrons. The van der Waals surface area contributed by atoms with Crippen LogP contribution in [-0.4, -0.2) is 69.3 Å². The molecule has 3 aromatic rings. The van der Waals surface area contributed by atoms with Crippen LogP contribution in [0.3, 0.4) is 0 Å². The number of alkyl halides is 4. The van der Waals surface area contributed by atoms with E-state index in [0.29, 0.717) is 37.8 Å². The molecular weight excluding hydrogens is 545 g/mol. The number of nitrogen functional groups attached to an aromatic ring is 1. The predicted octanol–water partition coefficient (Wildman–Crippen LogP) is 5.33. The Bertz CT molecular complexity index is 1480. The molecule has 0 amide bonds. The van der Waals surface area contributed by atoms with E-state index in [-0.39, 0.29) is 34.9 Å². The summed E-state index contributed by atoms with van der Waals surface area (Å²) < 4.78 is 78.8. The molecule has 6 heterocycles. The molecule has 13 heteroatoms. The maximum absolute atomic E-state index is 16.3. The molecule has 0 spiro atoms. The van der Waals surface area contributed by atoms with E-state index in [1.165, 1.54) is 13.1 Å². The van der Waals surface area contributed by atoms with Gasteiger partial charge in [-0.2, -0.15) is 23.1 Å². The van der Waals surface area contributed by atoms with Gasteiger partial charge in [0.25, 0.3) is 0 Å². The minimum absolute atomic E-state index is 0.113. The number of pyridine rings is 2. The van der Waals surface area contributed by atoms with Crippen LogP contribution in [-0.2, 0) is 6.18 Å². The Kier molecular flexibility index (Phi) is 6.90. The van der Waals surface area contributed by atoms with E-state index in [2.05, 4.69) is 31.8 Å². The Morgan fingerprint density at radius 1 is 1.12 bits per heavy atom. The second-order valence-corrected chi connectivity index (χ2v) is 11.7. The standard InChI is InChI=1S/C28H32F5N7O/c1-15-5-3-7-39(12-15)25-18-11-35-24(23-20(28(31,32)33)16(2)9-19(34)36-23)21(30)22(18)37-26(38-25)41-14-27-6-4-8-40(27)13-17(29)10-27/h9,11,15,17H,3-8,10,12-14H2,1-2H3,(H2,34,36)/t15?,17-,27+/m1/s1. The van der Waals surface area contributed by atoms with Crippen molar-refractivity contribution in [3.05, 3.63) is 29.2 Å². The van der Waals surface area contributed by atoms with Crippen LogP contribution in [0, 0.1) is 18.7 Å². The molecule has 3 atom stereocenters. The van der Waals surface area contributed by atoms with Gasteiger partial charge in [-0.3, -0.25) is 9.88 Å². The average molecular weight is 578 g/mol. The normalized spacial score (nSPS) is 25.2. The molecule has 0 aliphatic carbocycles. The van der Waals surface area contributed by atoms with E-state index in [1.807, 2.05) is 4.90 Å². The number of ether oxygens (including phenoxy) is 1. The average Bonchev–Trinajstić information content (AvgIpc) is 3.42. The van der Waals surface area contributed by atoms with Crippen LogP contribution in [0.25, 0.3) is 22.3 Å². The van der Waals surface area contributed by atoms with Gasteiger partial charge in [-0.05, 0) is 56.7 Å². The summed E-state index contributed by atoms with van der Waals surface area (Å²) in [5, 5.41) is 0.257. The number of anilines is 2. The number of nitrogens with two attached hydrogens (primary N) is 1. The highest BCUT2D eigenvalue weighted by Gasteiger charge is 2.49. The highest BCUT2D eigenvalue weighted by Crippen LogP contribution is 2.42. The monoisotopic (exact) mass is 577 g/mol. The van der Waals surface area contributed by atoms with Gasteiger partial charge in [-0.25, -0.2) is 13.8 Å². The maximum atomic E-state index is 16.3. The van der Waals surface area contributed by atoms with E-state index in [4.69, 9.17) is 10.5 Å². The Labute approximate surface area is 234 Å². The molecule has 3 aromatic heterocycles. The third-order valence-electron chi connectivity index (χ3n) is 8.58. The van der Waals surface area contributed by atoms with Crippen molar-refractivity contribution in [3.63, 3.8) is 0 Å². The molecule has 0 aromatic carbocycles. The first-order chi connectivity index (χ1) is 19.4. The Morgan fingerprint density at radius 3 is 2.68 bits per heavy atom. The van der Waals surface area contributed by atoms with Gasteiger partial charge in [0.05, 0.1) is 16.5 Å². The first kappa shape index (κ1) is 27.8. The number of aromatic nitrogens is 4. The molecule has 6 rings (SSSR count). The topological polar surface area (TPSA) is 93.3 Å². The molecular formula is C28H32F5N7O. The zero-order valence-corrected chi connectivity index (χ0v) is 22.9. The zero-order valence-electron chi connectivity index (χ0n) is 22.9. The molecule has 3 saturated heterocycles. The number of hydrogen-bond donors (Lipinski definition) is 1. The van der Waals surface area contributed by atoms with Crippen molar-refractivity contribution in [2.24, 2.45) is 5.92 Å². The van der Waals surface area contributed by atoms with Crippen LogP contribution in [0.5, 0.6) is 6.01 Å². The fourth-order valence-corrected chi connectivity index (χ4v) is 6.75. The second-order valence-electron chi connectivity index (χ2n) is 11.7. The Hall–Kier alpha value is -3.35. The SMILES string of the molecule is Cc1cc(N)nc(-c2ncc3c(N4CCCC(C)C4)nc(OC[C@@]45CCCN4C[C@H](F)C5)nc3c2F)c1C(F)(F)F. The lowest BCUT2D eigenvalue weighted by Crippen LogP contribution is -2.43. The van der Waals surface area contributed by atoms with Crippen LogP contribution in [0.4, 0.5) is 33.6 Å². The largest absolute Gasteiger partial charge is 0.461 e. The first-order valence-electron chi connectivity index (χ1n) is 13.9. The van der Waals surface area contributed by atoms with Crippen molar-refractivity contribution in [1.29, 1.82) is 0 Å². The predicted molar refractivity (Wildman–Crippen MR) is 144 cm³/mol. The lowest BCUT2D eigenvalue weighted by Gasteiger charge is -2.33. The van der Waals surface area contributed by atoms with Crippen molar-refractivity contribution in [3.8, 4) is 17.4 Å². The van der Waals surface area contributed by atoms with Gasteiger partial charge in [-0.15, -0.1) is 0 Å². The van der Waals surface area contributed by atoms with Gasteiger partial charge in [0.15, 0.2) is 5.82 Å². The second kappa shape index (κ2) is 10.2. The minimum atomic E-state index is -4.82. The third-order valence-corrected chi connectivity index (χ3v) is 8.58.